The molecule has 0 atom stereocenters. The summed E-state index contributed by atoms with van der Waals surface area (Å²) in [6.45, 7) is 3.25. The van der Waals surface area contributed by atoms with E-state index in [0.29, 0.717) is 26.4 Å². The molecule has 0 unspecified atom stereocenters. The van der Waals surface area contributed by atoms with Crippen molar-refractivity contribution in [3.8, 4) is 16.9 Å². The summed E-state index contributed by atoms with van der Waals surface area (Å²) in [5.41, 5.74) is 3.39. The van der Waals surface area contributed by atoms with Crippen LogP contribution in [0.5, 0.6) is 5.75 Å². The molecule has 1 aliphatic heterocycles. The summed E-state index contributed by atoms with van der Waals surface area (Å²) in [7, 11) is 0. The monoisotopic (exact) mass is 420 g/mol. The number of aromatic nitrogens is 2. The number of ether oxygens (including phenoxy) is 4. The Morgan fingerprint density at radius 2 is 1.84 bits per heavy atom. The molecule has 3 aromatic rings. The molecular weight excluding hydrogens is 396 g/mol. The summed E-state index contributed by atoms with van der Waals surface area (Å²) in [6, 6.07) is 15.8. The molecule has 0 aliphatic carbocycles. The summed E-state index contributed by atoms with van der Waals surface area (Å²) in [5, 5.41) is 0. The molecule has 1 aromatic heterocycles. The minimum absolute atomic E-state index is 0.0990. The number of nitrogens with zero attached hydrogens (tertiary/aromatic N) is 2. The van der Waals surface area contributed by atoms with Gasteiger partial charge in [0.2, 0.25) is 0 Å². The fourth-order valence-electron chi connectivity index (χ4n) is 3.33. The average Bonchev–Trinajstić information content (AvgIpc) is 2.79. The van der Waals surface area contributed by atoms with E-state index < -0.39 is 5.60 Å². The largest absolute Gasteiger partial charge is 0.489 e. The molecule has 1 aliphatic rings. The van der Waals surface area contributed by atoms with Crippen LogP contribution in [0.2, 0.25) is 0 Å². The van der Waals surface area contributed by atoms with Crippen molar-refractivity contribution >= 4 is 5.97 Å². The lowest BCUT2D eigenvalue weighted by Crippen LogP contribution is -2.49. The van der Waals surface area contributed by atoms with Crippen molar-refractivity contribution < 1.29 is 23.7 Å². The van der Waals surface area contributed by atoms with Crippen molar-refractivity contribution in [2.45, 2.75) is 19.1 Å². The van der Waals surface area contributed by atoms with Gasteiger partial charge in [-0.05, 0) is 41.8 Å². The summed E-state index contributed by atoms with van der Waals surface area (Å²) in [6.07, 6.45) is 5.09. The second-order valence-corrected chi connectivity index (χ2v) is 7.22. The van der Waals surface area contributed by atoms with E-state index in [9.17, 15) is 4.79 Å². The molecule has 2 heterocycles. The maximum atomic E-state index is 11.6. The summed E-state index contributed by atoms with van der Waals surface area (Å²) in [4.78, 5) is 19.8. The van der Waals surface area contributed by atoms with Gasteiger partial charge in [-0.3, -0.25) is 0 Å². The molecule has 0 saturated carbocycles. The third-order valence-corrected chi connectivity index (χ3v) is 5.05. The minimum Gasteiger partial charge on any atom is -0.489 e. The normalized spacial score (nSPS) is 14.5. The van der Waals surface area contributed by atoms with Crippen molar-refractivity contribution in [1.29, 1.82) is 0 Å². The lowest BCUT2D eigenvalue weighted by atomic mass is 9.91. The molecule has 0 spiro atoms. The van der Waals surface area contributed by atoms with Crippen LogP contribution >= 0.6 is 0 Å². The summed E-state index contributed by atoms with van der Waals surface area (Å²) < 4.78 is 22.1. The van der Waals surface area contributed by atoms with Crippen LogP contribution in [0.1, 0.15) is 18.1 Å². The molecule has 0 N–H and O–H groups in total. The van der Waals surface area contributed by atoms with Crippen LogP contribution < -0.4 is 4.74 Å². The number of esters is 1. The Bertz CT molecular complexity index is 1000. The van der Waals surface area contributed by atoms with E-state index in [2.05, 4.69) is 16.0 Å². The quantitative estimate of drug-likeness (QED) is 0.490. The number of carbonyl (C=O) groups is 1. The number of hydrogen-bond donors (Lipinski definition) is 0. The van der Waals surface area contributed by atoms with E-state index >= 15 is 0 Å². The van der Waals surface area contributed by atoms with Gasteiger partial charge in [-0.25, -0.2) is 14.8 Å². The van der Waals surface area contributed by atoms with E-state index in [-0.39, 0.29) is 12.6 Å². The lowest BCUT2D eigenvalue weighted by Gasteiger charge is -2.41. The maximum absolute atomic E-state index is 11.6. The highest BCUT2D eigenvalue weighted by Crippen LogP contribution is 2.34. The third kappa shape index (κ3) is 5.07. The van der Waals surface area contributed by atoms with Gasteiger partial charge in [-0.2, -0.15) is 0 Å². The van der Waals surface area contributed by atoms with Gasteiger partial charge in [0.15, 0.2) is 0 Å². The lowest BCUT2D eigenvalue weighted by molar-refractivity contribution is -0.221. The van der Waals surface area contributed by atoms with Crippen molar-refractivity contribution in [1.82, 2.24) is 9.97 Å². The number of rotatable bonds is 9. The van der Waals surface area contributed by atoms with Crippen molar-refractivity contribution in [2.75, 3.05) is 26.4 Å². The van der Waals surface area contributed by atoms with E-state index in [0.717, 1.165) is 28.0 Å². The predicted molar refractivity (Wildman–Crippen MR) is 113 cm³/mol. The zero-order valence-electron chi connectivity index (χ0n) is 17.3. The summed E-state index contributed by atoms with van der Waals surface area (Å²) >= 11 is 0. The van der Waals surface area contributed by atoms with Crippen LogP contribution in [0.25, 0.3) is 11.1 Å². The molecule has 0 bridgehead atoms. The molecule has 1 saturated heterocycles. The van der Waals surface area contributed by atoms with E-state index in [1.54, 1.807) is 19.3 Å². The Morgan fingerprint density at radius 3 is 2.52 bits per heavy atom. The van der Waals surface area contributed by atoms with Gasteiger partial charge < -0.3 is 18.9 Å². The van der Waals surface area contributed by atoms with E-state index in [1.807, 2.05) is 42.5 Å². The Balaban J connectivity index is 1.37. The molecule has 4 rings (SSSR count). The standard InChI is InChI=1S/C24H24N2O5/c1-2-29-23(27)14-31-24(15-28-16-24)21-6-8-22(9-7-21)30-13-18-4-3-5-19(10-18)20-11-25-17-26-12-20/h3-12,17H,2,13-16H2,1H3. The van der Waals surface area contributed by atoms with Crippen molar-refractivity contribution in [3.05, 3.63) is 78.4 Å². The fraction of sp³-hybridized carbons (Fsp3) is 0.292. The van der Waals surface area contributed by atoms with Gasteiger partial charge in [-0.15, -0.1) is 0 Å². The second-order valence-electron chi connectivity index (χ2n) is 7.22. The molecule has 31 heavy (non-hydrogen) atoms. The Labute approximate surface area is 181 Å². The molecular formula is C24H24N2O5. The van der Waals surface area contributed by atoms with Crippen LogP contribution in [0, 0.1) is 0 Å². The molecule has 2 aromatic carbocycles. The van der Waals surface area contributed by atoms with Gasteiger partial charge >= 0.3 is 5.97 Å². The van der Waals surface area contributed by atoms with E-state index in [1.165, 1.54) is 6.33 Å². The van der Waals surface area contributed by atoms with Gasteiger partial charge in [0.25, 0.3) is 0 Å². The predicted octanol–water partition coefficient (Wildman–Crippen LogP) is 3.53. The van der Waals surface area contributed by atoms with Crippen LogP contribution in [0.4, 0.5) is 0 Å². The summed E-state index contributed by atoms with van der Waals surface area (Å²) in [5.74, 6) is 0.371. The SMILES string of the molecule is CCOC(=O)COC1(c2ccc(OCc3cccc(-c4cncnc4)c3)cc2)COC1. The molecule has 7 heteroatoms. The third-order valence-electron chi connectivity index (χ3n) is 5.05. The zero-order chi connectivity index (χ0) is 21.5. The molecule has 0 amide bonds. The van der Waals surface area contributed by atoms with Crippen LogP contribution in [-0.2, 0) is 31.2 Å². The number of benzene rings is 2. The first-order chi connectivity index (χ1) is 15.2. The first-order valence-electron chi connectivity index (χ1n) is 10.1. The molecule has 1 fully saturated rings. The van der Waals surface area contributed by atoms with Gasteiger partial charge in [0, 0.05) is 18.0 Å². The van der Waals surface area contributed by atoms with Gasteiger partial charge in [0.1, 0.15) is 30.9 Å². The second kappa shape index (κ2) is 9.68. The molecule has 0 radical (unpaired) electrons. The highest BCUT2D eigenvalue weighted by Gasteiger charge is 2.42. The van der Waals surface area contributed by atoms with Crippen molar-refractivity contribution in [3.63, 3.8) is 0 Å². The number of carbonyl (C=O) groups excluding carboxylic acids is 1. The zero-order valence-corrected chi connectivity index (χ0v) is 17.3. The van der Waals surface area contributed by atoms with Crippen LogP contribution in [0.15, 0.2) is 67.3 Å². The number of hydrogen-bond acceptors (Lipinski definition) is 7. The first kappa shape index (κ1) is 21.0. The Hall–Kier alpha value is -3.29. The topological polar surface area (TPSA) is 79.8 Å². The minimum atomic E-state index is -0.614. The fourth-order valence-corrected chi connectivity index (χ4v) is 3.33. The molecule has 160 valence electrons. The van der Waals surface area contributed by atoms with Crippen molar-refractivity contribution in [2.24, 2.45) is 0 Å². The van der Waals surface area contributed by atoms with Gasteiger partial charge in [0.05, 0.1) is 19.8 Å². The Morgan fingerprint density at radius 1 is 1.06 bits per heavy atom. The first-order valence-corrected chi connectivity index (χ1v) is 10.1. The highest BCUT2D eigenvalue weighted by atomic mass is 16.6. The van der Waals surface area contributed by atoms with Gasteiger partial charge in [-0.1, -0.05) is 30.3 Å². The Kier molecular flexibility index (Phi) is 6.54. The van der Waals surface area contributed by atoms with Crippen LogP contribution in [0.3, 0.4) is 0 Å². The molecule has 7 nitrogen and oxygen atoms in total. The highest BCUT2D eigenvalue weighted by molar-refractivity contribution is 5.70. The van der Waals surface area contributed by atoms with Crippen LogP contribution in [-0.4, -0.2) is 42.4 Å². The van der Waals surface area contributed by atoms with E-state index in [4.69, 9.17) is 18.9 Å². The maximum Gasteiger partial charge on any atom is 0.332 e. The smallest absolute Gasteiger partial charge is 0.332 e. The average molecular weight is 420 g/mol.